The molecule has 174 valence electrons. The summed E-state index contributed by atoms with van der Waals surface area (Å²) >= 11 is 0. The van der Waals surface area contributed by atoms with Gasteiger partial charge >= 0.3 is 5.97 Å². The number of hydrogen-bond donors (Lipinski definition) is 2. The molecule has 1 amide bonds. The molecule has 2 unspecified atom stereocenters. The van der Waals surface area contributed by atoms with Crippen molar-refractivity contribution in [3.8, 4) is 0 Å². The molecule has 0 saturated carbocycles. The van der Waals surface area contributed by atoms with Gasteiger partial charge in [-0.2, -0.15) is 0 Å². The van der Waals surface area contributed by atoms with Crippen molar-refractivity contribution in [1.29, 1.82) is 0 Å². The Labute approximate surface area is 195 Å². The summed E-state index contributed by atoms with van der Waals surface area (Å²) < 4.78 is 6.05. The van der Waals surface area contributed by atoms with Crippen LogP contribution in [-0.4, -0.2) is 50.6 Å². The van der Waals surface area contributed by atoms with Crippen LogP contribution in [0.15, 0.2) is 53.2 Å². The number of carbonyl (C=O) groups excluding carboxylic acids is 1. The maximum Gasteiger partial charge on any atom is 0.326 e. The first-order chi connectivity index (χ1) is 16.3. The van der Waals surface area contributed by atoms with Gasteiger partial charge in [0.1, 0.15) is 23.0 Å². The van der Waals surface area contributed by atoms with Gasteiger partial charge in [-0.15, -0.1) is 0 Å². The third-order valence-corrected chi connectivity index (χ3v) is 6.48. The van der Waals surface area contributed by atoms with Crippen molar-refractivity contribution < 1.29 is 19.1 Å². The normalized spacial score (nSPS) is 18.5. The molecule has 9 heteroatoms. The second-order valence-corrected chi connectivity index (χ2v) is 9.14. The van der Waals surface area contributed by atoms with E-state index in [-0.39, 0.29) is 24.9 Å². The number of fused-ring (bicyclic) bond motifs is 3. The van der Waals surface area contributed by atoms with E-state index < -0.39 is 17.4 Å². The monoisotopic (exact) mass is 459 g/mol. The molecule has 2 atom stereocenters. The number of carboxylic acids is 1. The summed E-state index contributed by atoms with van der Waals surface area (Å²) in [5.74, 6) is -0.214. The highest BCUT2D eigenvalue weighted by molar-refractivity contribution is 6.06. The SMILES string of the molecule is Cc1nc(N2CC(NC(=O)C(C)(C)c3ccncc3)CC2C(=O)O)c2oc3ccccc3c2n1. The molecule has 0 radical (unpaired) electrons. The first-order valence-electron chi connectivity index (χ1n) is 11.1. The Hall–Kier alpha value is -4.01. The van der Waals surface area contributed by atoms with Crippen molar-refractivity contribution in [2.24, 2.45) is 0 Å². The number of aryl methyl sites for hydroxylation is 1. The summed E-state index contributed by atoms with van der Waals surface area (Å²) in [7, 11) is 0. The summed E-state index contributed by atoms with van der Waals surface area (Å²) in [5.41, 5.74) is 1.79. The minimum Gasteiger partial charge on any atom is -0.480 e. The Morgan fingerprint density at radius 3 is 2.62 bits per heavy atom. The average molecular weight is 460 g/mol. The summed E-state index contributed by atoms with van der Waals surface area (Å²) in [6.45, 7) is 5.74. The Bertz CT molecular complexity index is 1400. The third kappa shape index (κ3) is 3.63. The standard InChI is InChI=1S/C25H25N5O4/c1-14-27-20-17-6-4-5-7-19(17)34-21(20)22(28-14)30-13-16(12-18(30)23(31)32)29-24(33)25(2,3)15-8-10-26-11-9-15/h4-11,16,18H,12-13H2,1-3H3,(H,29,33)(H,31,32). The molecule has 2 N–H and O–H groups in total. The fourth-order valence-corrected chi connectivity index (χ4v) is 4.55. The molecule has 3 aromatic heterocycles. The highest BCUT2D eigenvalue weighted by Crippen LogP contribution is 2.36. The number of nitrogens with one attached hydrogen (secondary N) is 1. The van der Waals surface area contributed by atoms with Crippen molar-refractivity contribution in [1.82, 2.24) is 20.3 Å². The van der Waals surface area contributed by atoms with Crippen molar-refractivity contribution in [2.75, 3.05) is 11.4 Å². The van der Waals surface area contributed by atoms with E-state index in [1.807, 2.05) is 50.2 Å². The number of amides is 1. The number of aromatic nitrogens is 3. The van der Waals surface area contributed by atoms with Gasteiger partial charge in [-0.25, -0.2) is 14.8 Å². The number of para-hydroxylation sites is 1. The van der Waals surface area contributed by atoms with Crippen LogP contribution in [0.25, 0.3) is 22.1 Å². The van der Waals surface area contributed by atoms with Crippen LogP contribution in [0.1, 0.15) is 31.7 Å². The van der Waals surface area contributed by atoms with E-state index in [1.165, 1.54) is 0 Å². The van der Waals surface area contributed by atoms with Gasteiger partial charge in [0.25, 0.3) is 0 Å². The minimum atomic E-state index is -0.981. The van der Waals surface area contributed by atoms with E-state index in [0.717, 1.165) is 10.9 Å². The predicted octanol–water partition coefficient (Wildman–Crippen LogP) is 3.21. The average Bonchev–Trinajstić information content (AvgIpc) is 3.41. The van der Waals surface area contributed by atoms with Gasteiger partial charge in [0.2, 0.25) is 5.91 Å². The topological polar surface area (TPSA) is 121 Å². The van der Waals surface area contributed by atoms with Crippen LogP contribution >= 0.6 is 0 Å². The molecule has 1 aliphatic heterocycles. The number of pyridine rings is 1. The molecule has 4 heterocycles. The van der Waals surface area contributed by atoms with Crippen molar-refractivity contribution in [2.45, 2.75) is 44.7 Å². The number of nitrogens with zero attached hydrogens (tertiary/aromatic N) is 4. The second kappa shape index (κ2) is 8.09. The molecule has 1 aromatic carbocycles. The summed E-state index contributed by atoms with van der Waals surface area (Å²) in [6.07, 6.45) is 3.55. The highest BCUT2D eigenvalue weighted by Gasteiger charge is 2.41. The van der Waals surface area contributed by atoms with Crippen LogP contribution in [-0.2, 0) is 15.0 Å². The van der Waals surface area contributed by atoms with Gasteiger partial charge in [0.05, 0.1) is 5.41 Å². The molecule has 1 aliphatic rings. The maximum atomic E-state index is 13.2. The zero-order valence-corrected chi connectivity index (χ0v) is 19.1. The van der Waals surface area contributed by atoms with Gasteiger partial charge in [0.15, 0.2) is 11.4 Å². The van der Waals surface area contributed by atoms with Crippen LogP contribution in [0.5, 0.6) is 0 Å². The number of aliphatic carboxylic acids is 1. The summed E-state index contributed by atoms with van der Waals surface area (Å²) in [6, 6.07) is 9.92. The quantitative estimate of drug-likeness (QED) is 0.467. The Kier molecular flexibility index (Phi) is 5.19. The molecule has 9 nitrogen and oxygen atoms in total. The number of furan rings is 1. The zero-order chi connectivity index (χ0) is 24.0. The van der Waals surface area contributed by atoms with Gasteiger partial charge in [-0.05, 0) is 50.6 Å². The molecule has 1 fully saturated rings. The fourth-order valence-electron chi connectivity index (χ4n) is 4.55. The zero-order valence-electron chi connectivity index (χ0n) is 19.1. The molecule has 0 bridgehead atoms. The number of anilines is 1. The van der Waals surface area contributed by atoms with E-state index in [4.69, 9.17) is 4.42 Å². The molecule has 1 saturated heterocycles. The maximum absolute atomic E-state index is 13.2. The lowest BCUT2D eigenvalue weighted by molar-refractivity contribution is -0.138. The van der Waals surface area contributed by atoms with Gasteiger partial charge in [-0.3, -0.25) is 9.78 Å². The summed E-state index contributed by atoms with van der Waals surface area (Å²) in [4.78, 5) is 40.2. The van der Waals surface area contributed by atoms with E-state index in [1.54, 1.807) is 24.2 Å². The molecule has 0 spiro atoms. The lowest BCUT2D eigenvalue weighted by atomic mass is 9.84. The Morgan fingerprint density at radius 1 is 1.15 bits per heavy atom. The Balaban J connectivity index is 1.48. The minimum absolute atomic E-state index is 0.178. The van der Waals surface area contributed by atoms with Crippen LogP contribution in [0.2, 0.25) is 0 Å². The summed E-state index contributed by atoms with van der Waals surface area (Å²) in [5, 5.41) is 13.9. The van der Waals surface area contributed by atoms with E-state index in [2.05, 4.69) is 20.3 Å². The number of carbonyl (C=O) groups is 2. The molecule has 5 rings (SSSR count). The molecule has 34 heavy (non-hydrogen) atoms. The first kappa shape index (κ1) is 21.8. The molecular weight excluding hydrogens is 434 g/mol. The number of carboxylic acid groups (broad SMARTS) is 1. The van der Waals surface area contributed by atoms with Crippen LogP contribution in [0.4, 0.5) is 5.82 Å². The third-order valence-electron chi connectivity index (χ3n) is 6.48. The van der Waals surface area contributed by atoms with Crippen molar-refractivity contribution in [3.05, 3.63) is 60.2 Å². The number of benzene rings is 1. The lowest BCUT2D eigenvalue weighted by Gasteiger charge is -2.26. The van der Waals surface area contributed by atoms with Gasteiger partial charge in [0, 0.05) is 36.8 Å². The molecule has 4 aromatic rings. The molecular formula is C25H25N5O4. The predicted molar refractivity (Wildman–Crippen MR) is 127 cm³/mol. The smallest absolute Gasteiger partial charge is 0.326 e. The fraction of sp³-hybridized carbons (Fsp3) is 0.320. The van der Waals surface area contributed by atoms with Crippen LogP contribution in [0, 0.1) is 6.92 Å². The number of rotatable bonds is 5. The largest absolute Gasteiger partial charge is 0.480 e. The highest BCUT2D eigenvalue weighted by atomic mass is 16.4. The van der Waals surface area contributed by atoms with Gasteiger partial charge < -0.3 is 19.7 Å². The van der Waals surface area contributed by atoms with E-state index in [0.29, 0.717) is 28.3 Å². The molecule has 0 aliphatic carbocycles. The van der Waals surface area contributed by atoms with Gasteiger partial charge in [-0.1, -0.05) is 12.1 Å². The van der Waals surface area contributed by atoms with Crippen LogP contribution in [0.3, 0.4) is 0 Å². The van der Waals surface area contributed by atoms with Crippen LogP contribution < -0.4 is 10.2 Å². The van der Waals surface area contributed by atoms with E-state index in [9.17, 15) is 14.7 Å². The lowest BCUT2D eigenvalue weighted by Crippen LogP contribution is -2.46. The first-order valence-corrected chi connectivity index (χ1v) is 11.1. The Morgan fingerprint density at radius 2 is 1.88 bits per heavy atom. The number of hydrogen-bond acceptors (Lipinski definition) is 7. The van der Waals surface area contributed by atoms with Crippen molar-refractivity contribution in [3.63, 3.8) is 0 Å². The second-order valence-electron chi connectivity index (χ2n) is 9.14. The van der Waals surface area contributed by atoms with Crippen molar-refractivity contribution >= 4 is 39.8 Å². The van der Waals surface area contributed by atoms with E-state index >= 15 is 0 Å².